The SMILES string of the molecule is O=C1N[C@]2(CCCc3sccc32)C(=O)N1CCOc1ccc(Cl)cc1Cl. The number of carbonyl (C=O) groups excluding carboxylic acids is 2. The number of amides is 3. The Morgan fingerprint density at radius 1 is 1.27 bits per heavy atom. The number of carbonyl (C=O) groups is 2. The smallest absolute Gasteiger partial charge is 0.325 e. The zero-order chi connectivity index (χ0) is 18.3. The van der Waals surface area contributed by atoms with Gasteiger partial charge in [-0.3, -0.25) is 9.69 Å². The summed E-state index contributed by atoms with van der Waals surface area (Å²) in [7, 11) is 0. The van der Waals surface area contributed by atoms with E-state index in [1.54, 1.807) is 29.5 Å². The van der Waals surface area contributed by atoms with Crippen LogP contribution in [0.2, 0.25) is 10.0 Å². The highest BCUT2D eigenvalue weighted by molar-refractivity contribution is 7.10. The summed E-state index contributed by atoms with van der Waals surface area (Å²) in [6.45, 7) is 0.317. The molecular weight excluding hydrogens is 395 g/mol. The first-order valence-electron chi connectivity index (χ1n) is 8.30. The van der Waals surface area contributed by atoms with E-state index in [4.69, 9.17) is 27.9 Å². The van der Waals surface area contributed by atoms with E-state index in [0.717, 1.165) is 18.4 Å². The van der Waals surface area contributed by atoms with Gasteiger partial charge in [0.2, 0.25) is 0 Å². The number of rotatable bonds is 4. The predicted molar refractivity (Wildman–Crippen MR) is 101 cm³/mol. The van der Waals surface area contributed by atoms with Crippen LogP contribution in [0.4, 0.5) is 4.79 Å². The molecule has 1 saturated heterocycles. The summed E-state index contributed by atoms with van der Waals surface area (Å²) in [5.74, 6) is 0.267. The third kappa shape index (κ3) is 2.86. The predicted octanol–water partition coefficient (Wildman–Crippen LogP) is 4.22. The number of thiophene rings is 1. The van der Waals surface area contributed by atoms with Crippen LogP contribution in [0.3, 0.4) is 0 Å². The molecule has 0 bridgehead atoms. The average molecular weight is 411 g/mol. The molecule has 1 aliphatic carbocycles. The summed E-state index contributed by atoms with van der Waals surface area (Å²) in [4.78, 5) is 27.9. The van der Waals surface area contributed by atoms with Crippen LogP contribution in [0, 0.1) is 0 Å². The molecule has 0 radical (unpaired) electrons. The molecule has 136 valence electrons. The molecule has 1 fully saturated rings. The number of benzene rings is 1. The Balaban J connectivity index is 1.47. The molecule has 0 saturated carbocycles. The van der Waals surface area contributed by atoms with Gasteiger partial charge in [-0.05, 0) is 48.9 Å². The first-order chi connectivity index (χ1) is 12.5. The fourth-order valence-electron chi connectivity index (χ4n) is 3.58. The van der Waals surface area contributed by atoms with Crippen molar-refractivity contribution in [2.24, 2.45) is 0 Å². The average Bonchev–Trinajstić information content (AvgIpc) is 3.17. The van der Waals surface area contributed by atoms with Crippen molar-refractivity contribution in [3.05, 3.63) is 50.1 Å². The lowest BCUT2D eigenvalue weighted by atomic mass is 9.80. The summed E-state index contributed by atoms with van der Waals surface area (Å²) in [5, 5.41) is 5.81. The standard InChI is InChI=1S/C18H16Cl2N2O3S/c19-11-3-4-14(13(20)10-11)25-8-7-22-16(23)18(21-17(22)24)6-1-2-15-12(18)5-9-26-15/h3-5,9-10H,1-2,6-8H2,(H,21,24)/t18-/m0/s1. The van der Waals surface area contributed by atoms with Crippen LogP contribution < -0.4 is 10.1 Å². The second-order valence-corrected chi connectivity index (χ2v) is 8.17. The molecule has 5 nitrogen and oxygen atoms in total. The third-order valence-corrected chi connectivity index (χ3v) is 6.31. The molecule has 2 aliphatic rings. The summed E-state index contributed by atoms with van der Waals surface area (Å²) < 4.78 is 5.62. The minimum Gasteiger partial charge on any atom is -0.490 e. The molecule has 1 spiro atoms. The van der Waals surface area contributed by atoms with Crippen LogP contribution in [0.5, 0.6) is 5.75 Å². The molecule has 2 aromatic rings. The molecule has 0 unspecified atom stereocenters. The maximum absolute atomic E-state index is 13.1. The lowest BCUT2D eigenvalue weighted by Gasteiger charge is -2.31. The van der Waals surface area contributed by atoms with Gasteiger partial charge in [-0.2, -0.15) is 0 Å². The molecule has 4 rings (SSSR count). The highest BCUT2D eigenvalue weighted by atomic mass is 35.5. The second-order valence-electron chi connectivity index (χ2n) is 6.33. The minimum atomic E-state index is -0.914. The van der Waals surface area contributed by atoms with E-state index < -0.39 is 5.54 Å². The highest BCUT2D eigenvalue weighted by Gasteiger charge is 2.54. The largest absolute Gasteiger partial charge is 0.490 e. The van der Waals surface area contributed by atoms with Crippen LogP contribution in [0.15, 0.2) is 29.6 Å². The Morgan fingerprint density at radius 3 is 2.92 bits per heavy atom. The highest BCUT2D eigenvalue weighted by Crippen LogP contribution is 2.42. The first kappa shape index (κ1) is 17.6. The molecule has 3 amide bonds. The number of fused-ring (bicyclic) bond motifs is 2. The number of hydrogen-bond donors (Lipinski definition) is 1. The number of imide groups is 1. The van der Waals surface area contributed by atoms with Crippen LogP contribution in [-0.4, -0.2) is 30.0 Å². The van der Waals surface area contributed by atoms with Gasteiger partial charge in [-0.25, -0.2) is 4.79 Å². The van der Waals surface area contributed by atoms with Gasteiger partial charge in [0.05, 0.1) is 11.6 Å². The number of nitrogens with zero attached hydrogens (tertiary/aromatic N) is 1. The molecule has 1 aliphatic heterocycles. The summed E-state index contributed by atoms with van der Waals surface area (Å²) in [6, 6.07) is 6.49. The van der Waals surface area contributed by atoms with Crippen LogP contribution >= 0.6 is 34.5 Å². The van der Waals surface area contributed by atoms with Gasteiger partial charge in [0.1, 0.15) is 17.9 Å². The number of ether oxygens (including phenoxy) is 1. The summed E-state index contributed by atoms with van der Waals surface area (Å²) in [5.41, 5.74) is 0.0269. The van der Waals surface area contributed by atoms with Gasteiger partial charge in [0.15, 0.2) is 0 Å². The molecule has 1 aromatic carbocycles. The van der Waals surface area contributed by atoms with E-state index in [1.165, 1.54) is 9.78 Å². The Morgan fingerprint density at radius 2 is 2.12 bits per heavy atom. The fraction of sp³-hybridized carbons (Fsp3) is 0.333. The van der Waals surface area contributed by atoms with Gasteiger partial charge in [0, 0.05) is 15.5 Å². The van der Waals surface area contributed by atoms with E-state index in [2.05, 4.69) is 5.32 Å². The molecule has 8 heteroatoms. The van der Waals surface area contributed by atoms with Crippen molar-refractivity contribution >= 4 is 46.5 Å². The second kappa shape index (κ2) is 6.76. The number of hydrogen-bond acceptors (Lipinski definition) is 4. The van der Waals surface area contributed by atoms with Gasteiger partial charge in [-0.15, -0.1) is 11.3 Å². The summed E-state index contributed by atoms with van der Waals surface area (Å²) in [6.07, 6.45) is 2.46. The van der Waals surface area contributed by atoms with E-state index in [-0.39, 0.29) is 25.1 Å². The zero-order valence-corrected chi connectivity index (χ0v) is 16.1. The minimum absolute atomic E-state index is 0.158. The summed E-state index contributed by atoms with van der Waals surface area (Å²) >= 11 is 13.6. The Labute approximate surface area is 164 Å². The van der Waals surface area contributed by atoms with Gasteiger partial charge >= 0.3 is 6.03 Å². The van der Waals surface area contributed by atoms with Gasteiger partial charge in [-0.1, -0.05) is 23.2 Å². The zero-order valence-electron chi connectivity index (χ0n) is 13.8. The lowest BCUT2D eigenvalue weighted by Crippen LogP contribution is -2.46. The maximum Gasteiger partial charge on any atom is 0.325 e. The maximum atomic E-state index is 13.1. The van der Waals surface area contributed by atoms with E-state index >= 15 is 0 Å². The van der Waals surface area contributed by atoms with Crippen LogP contribution in [0.25, 0.3) is 0 Å². The van der Waals surface area contributed by atoms with E-state index in [9.17, 15) is 9.59 Å². The fourth-order valence-corrected chi connectivity index (χ4v) is 5.05. The van der Waals surface area contributed by atoms with Gasteiger partial charge < -0.3 is 10.1 Å². The number of halogens is 2. The van der Waals surface area contributed by atoms with Crippen molar-refractivity contribution in [1.29, 1.82) is 0 Å². The topological polar surface area (TPSA) is 58.6 Å². The van der Waals surface area contributed by atoms with Gasteiger partial charge in [0.25, 0.3) is 5.91 Å². The Kier molecular flexibility index (Phi) is 4.59. The van der Waals surface area contributed by atoms with Crippen molar-refractivity contribution in [1.82, 2.24) is 10.2 Å². The normalized spacial score (nSPS) is 21.8. The quantitative estimate of drug-likeness (QED) is 0.767. The molecule has 1 N–H and O–H groups in total. The molecule has 1 aromatic heterocycles. The van der Waals surface area contributed by atoms with E-state index in [0.29, 0.717) is 22.2 Å². The van der Waals surface area contributed by atoms with Crippen LogP contribution in [0.1, 0.15) is 23.3 Å². The number of nitrogens with one attached hydrogen (secondary N) is 1. The first-order valence-corrected chi connectivity index (χ1v) is 9.94. The van der Waals surface area contributed by atoms with Crippen molar-refractivity contribution in [3.8, 4) is 5.75 Å². The van der Waals surface area contributed by atoms with Crippen molar-refractivity contribution in [3.63, 3.8) is 0 Å². The van der Waals surface area contributed by atoms with Crippen LogP contribution in [-0.2, 0) is 16.8 Å². The molecular formula is C18H16Cl2N2O3S. The Hall–Kier alpha value is -1.76. The van der Waals surface area contributed by atoms with Crippen molar-refractivity contribution in [2.75, 3.05) is 13.2 Å². The lowest BCUT2D eigenvalue weighted by molar-refractivity contribution is -0.132. The van der Waals surface area contributed by atoms with Crippen molar-refractivity contribution in [2.45, 2.75) is 24.8 Å². The number of urea groups is 1. The molecule has 1 atom stereocenters. The Bertz CT molecular complexity index is 885. The third-order valence-electron chi connectivity index (χ3n) is 4.80. The molecule has 2 heterocycles. The molecule has 26 heavy (non-hydrogen) atoms. The monoisotopic (exact) mass is 410 g/mol. The van der Waals surface area contributed by atoms with E-state index in [1.807, 2.05) is 11.4 Å². The number of aryl methyl sites for hydroxylation is 1. The van der Waals surface area contributed by atoms with Crippen molar-refractivity contribution < 1.29 is 14.3 Å².